The quantitative estimate of drug-likeness (QED) is 0.893. The Kier molecular flexibility index (Phi) is 3.87. The Labute approximate surface area is 140 Å². The van der Waals surface area contributed by atoms with Gasteiger partial charge < -0.3 is 10.4 Å². The van der Waals surface area contributed by atoms with Crippen LogP contribution in [-0.2, 0) is 17.6 Å². The maximum absolute atomic E-state index is 12.8. The highest BCUT2D eigenvalue weighted by Crippen LogP contribution is 2.38. The molecule has 2 aliphatic rings. The number of hydrogen-bond acceptors (Lipinski definition) is 3. The molecule has 1 aliphatic heterocycles. The topological polar surface area (TPSA) is 49.3 Å². The summed E-state index contributed by atoms with van der Waals surface area (Å²) >= 11 is 1.69. The Morgan fingerprint density at radius 3 is 2.57 bits per heavy atom. The Bertz CT molecular complexity index is 746. The number of fused-ring (bicyclic) bond motifs is 2. The first kappa shape index (κ1) is 14.8. The van der Waals surface area contributed by atoms with Crippen LogP contribution in [-0.4, -0.2) is 22.9 Å². The predicted molar refractivity (Wildman–Crippen MR) is 92.4 cm³/mol. The van der Waals surface area contributed by atoms with Crippen LogP contribution >= 0.6 is 11.8 Å². The molecule has 0 fully saturated rings. The van der Waals surface area contributed by atoms with Gasteiger partial charge in [-0.05, 0) is 34.4 Å². The van der Waals surface area contributed by atoms with Crippen LogP contribution in [0.2, 0.25) is 0 Å². The van der Waals surface area contributed by atoms with Gasteiger partial charge in [-0.3, -0.25) is 4.79 Å². The summed E-state index contributed by atoms with van der Waals surface area (Å²) in [7, 11) is 0. The summed E-state index contributed by atoms with van der Waals surface area (Å²) in [5, 5.41) is 13.2. The lowest BCUT2D eigenvalue weighted by molar-refractivity contribution is -0.122. The van der Waals surface area contributed by atoms with Gasteiger partial charge in [0, 0.05) is 6.42 Å². The maximum atomic E-state index is 12.8. The van der Waals surface area contributed by atoms with E-state index in [-0.39, 0.29) is 17.2 Å². The van der Waals surface area contributed by atoms with Crippen LogP contribution in [0.3, 0.4) is 0 Å². The number of amides is 1. The molecule has 0 radical (unpaired) electrons. The van der Waals surface area contributed by atoms with Crippen LogP contribution in [0.4, 0.5) is 0 Å². The van der Waals surface area contributed by atoms with Gasteiger partial charge in [-0.25, -0.2) is 0 Å². The van der Waals surface area contributed by atoms with E-state index in [4.69, 9.17) is 0 Å². The summed E-state index contributed by atoms with van der Waals surface area (Å²) in [6.45, 7) is 0. The molecule has 2 aromatic rings. The van der Waals surface area contributed by atoms with E-state index < -0.39 is 6.10 Å². The van der Waals surface area contributed by atoms with Gasteiger partial charge in [0.05, 0.1) is 12.1 Å². The molecule has 3 atom stereocenters. The van der Waals surface area contributed by atoms with Crippen LogP contribution < -0.4 is 5.32 Å². The molecule has 4 rings (SSSR count). The van der Waals surface area contributed by atoms with E-state index >= 15 is 0 Å². The van der Waals surface area contributed by atoms with E-state index in [2.05, 4.69) is 11.4 Å². The van der Waals surface area contributed by atoms with Crippen molar-refractivity contribution in [2.75, 3.05) is 5.75 Å². The molecule has 0 saturated carbocycles. The minimum absolute atomic E-state index is 0.00269. The van der Waals surface area contributed by atoms with Crippen LogP contribution in [0.25, 0.3) is 0 Å². The lowest BCUT2D eigenvalue weighted by Crippen LogP contribution is -2.37. The molecule has 4 heteroatoms. The molecular weight excluding hydrogens is 306 g/mol. The van der Waals surface area contributed by atoms with Crippen molar-refractivity contribution >= 4 is 17.7 Å². The third-order valence-electron chi connectivity index (χ3n) is 4.73. The van der Waals surface area contributed by atoms with E-state index in [9.17, 15) is 9.90 Å². The fraction of sp³-hybridized carbons (Fsp3) is 0.316. The maximum Gasteiger partial charge on any atom is 0.238 e. The van der Waals surface area contributed by atoms with Gasteiger partial charge in [0.1, 0.15) is 5.25 Å². The van der Waals surface area contributed by atoms with Crippen molar-refractivity contribution in [2.24, 2.45) is 0 Å². The van der Waals surface area contributed by atoms with Crippen molar-refractivity contribution < 1.29 is 9.90 Å². The minimum atomic E-state index is -0.541. The predicted octanol–water partition coefficient (Wildman–Crippen LogP) is 2.79. The van der Waals surface area contributed by atoms with Crippen molar-refractivity contribution in [3.8, 4) is 0 Å². The van der Waals surface area contributed by atoms with Crippen molar-refractivity contribution in [1.82, 2.24) is 5.32 Å². The van der Waals surface area contributed by atoms with Crippen molar-refractivity contribution in [3.05, 3.63) is 70.8 Å². The lowest BCUT2D eigenvalue weighted by atomic mass is 10.0. The van der Waals surface area contributed by atoms with E-state index in [0.717, 1.165) is 28.9 Å². The number of thioether (sulfide) groups is 1. The average Bonchev–Trinajstić information content (AvgIpc) is 2.90. The molecule has 0 spiro atoms. The molecular formula is C19H19NO2S. The highest BCUT2D eigenvalue weighted by Gasteiger charge is 2.35. The second-order valence-corrected chi connectivity index (χ2v) is 7.37. The summed E-state index contributed by atoms with van der Waals surface area (Å²) in [6, 6.07) is 15.8. The van der Waals surface area contributed by atoms with Gasteiger partial charge in [-0.1, -0.05) is 48.5 Å². The van der Waals surface area contributed by atoms with Gasteiger partial charge in [-0.15, -0.1) is 11.8 Å². The second kappa shape index (κ2) is 6.02. The van der Waals surface area contributed by atoms with Gasteiger partial charge in [-0.2, -0.15) is 0 Å². The number of aliphatic hydroxyl groups excluding tert-OH is 1. The van der Waals surface area contributed by atoms with Gasteiger partial charge in [0.15, 0.2) is 0 Å². The third kappa shape index (κ3) is 2.66. The van der Waals surface area contributed by atoms with Crippen molar-refractivity contribution in [3.63, 3.8) is 0 Å². The number of aryl methyl sites for hydroxylation is 1. The Morgan fingerprint density at radius 2 is 1.74 bits per heavy atom. The largest absolute Gasteiger partial charge is 0.390 e. The molecule has 0 saturated heterocycles. The van der Waals surface area contributed by atoms with Gasteiger partial charge >= 0.3 is 0 Å². The normalized spacial score (nSPS) is 25.5. The number of nitrogens with one attached hydrogen (secondary N) is 1. The minimum Gasteiger partial charge on any atom is -0.390 e. The van der Waals surface area contributed by atoms with Crippen LogP contribution in [0.15, 0.2) is 48.5 Å². The smallest absolute Gasteiger partial charge is 0.238 e. The number of aliphatic hydroxyl groups is 1. The van der Waals surface area contributed by atoms with Crippen LogP contribution in [0.1, 0.15) is 33.5 Å². The Balaban J connectivity index is 1.58. The summed E-state index contributed by atoms with van der Waals surface area (Å²) in [4.78, 5) is 12.8. The molecule has 0 unspecified atom stereocenters. The number of benzene rings is 2. The fourth-order valence-corrected chi connectivity index (χ4v) is 4.79. The summed E-state index contributed by atoms with van der Waals surface area (Å²) in [6.07, 6.45) is 1.08. The van der Waals surface area contributed by atoms with Crippen LogP contribution in [0, 0.1) is 0 Å². The molecule has 1 heterocycles. The number of carbonyl (C=O) groups excluding carboxylic acids is 1. The van der Waals surface area contributed by atoms with E-state index in [0.29, 0.717) is 6.42 Å². The standard InChI is InChI=1S/C19H19NO2S/c21-16-11-13-6-2-3-7-14(13)17(16)20-19(22)18-15-8-4-1-5-12(15)9-10-23-18/h1-8,16-18,21H,9-11H2,(H,20,22)/t16-,17+,18-/m0/s1. The highest BCUT2D eigenvalue weighted by atomic mass is 32.2. The molecule has 23 heavy (non-hydrogen) atoms. The average molecular weight is 325 g/mol. The summed E-state index contributed by atoms with van der Waals surface area (Å²) in [5.41, 5.74) is 4.55. The van der Waals surface area contributed by atoms with E-state index in [1.54, 1.807) is 11.8 Å². The molecule has 1 amide bonds. The van der Waals surface area contributed by atoms with E-state index in [1.165, 1.54) is 5.56 Å². The first-order valence-electron chi connectivity index (χ1n) is 7.99. The molecule has 2 N–H and O–H groups in total. The lowest BCUT2D eigenvalue weighted by Gasteiger charge is -2.27. The van der Waals surface area contributed by atoms with Crippen LogP contribution in [0.5, 0.6) is 0 Å². The Morgan fingerprint density at radius 1 is 1.04 bits per heavy atom. The van der Waals surface area contributed by atoms with Crippen molar-refractivity contribution in [1.29, 1.82) is 0 Å². The highest BCUT2D eigenvalue weighted by molar-refractivity contribution is 8.00. The number of hydrogen-bond donors (Lipinski definition) is 2. The van der Waals surface area contributed by atoms with E-state index in [1.807, 2.05) is 42.5 Å². The van der Waals surface area contributed by atoms with Gasteiger partial charge in [0.25, 0.3) is 0 Å². The molecule has 118 valence electrons. The SMILES string of the molecule is O=C(N[C@@H]1c2ccccc2C[C@@H]1O)[C@H]1SCCc2ccccc21. The van der Waals surface area contributed by atoms with Crippen molar-refractivity contribution in [2.45, 2.75) is 30.2 Å². The zero-order valence-corrected chi connectivity index (χ0v) is 13.6. The number of carbonyl (C=O) groups is 1. The monoisotopic (exact) mass is 325 g/mol. The molecule has 0 aromatic heterocycles. The van der Waals surface area contributed by atoms with Gasteiger partial charge in [0.2, 0.25) is 5.91 Å². The molecule has 1 aliphatic carbocycles. The summed E-state index contributed by atoms with van der Waals surface area (Å²) < 4.78 is 0. The zero-order chi connectivity index (χ0) is 15.8. The first-order valence-corrected chi connectivity index (χ1v) is 9.04. The zero-order valence-electron chi connectivity index (χ0n) is 12.7. The Hall–Kier alpha value is -1.78. The third-order valence-corrected chi connectivity index (χ3v) is 5.97. The fourth-order valence-electron chi connectivity index (χ4n) is 3.59. The molecule has 3 nitrogen and oxygen atoms in total. The second-order valence-electron chi connectivity index (χ2n) is 6.16. The summed E-state index contributed by atoms with van der Waals surface area (Å²) in [5.74, 6) is 0.960. The molecule has 2 aromatic carbocycles. The first-order chi connectivity index (χ1) is 11.2. The number of rotatable bonds is 2. The molecule has 0 bridgehead atoms.